The fourth-order valence-corrected chi connectivity index (χ4v) is 2.71. The topological polar surface area (TPSA) is 16.1 Å². The Kier molecular flexibility index (Phi) is 3.30. The number of halogens is 1. The third kappa shape index (κ3) is 2.66. The van der Waals surface area contributed by atoms with Gasteiger partial charge in [0.15, 0.2) is 0 Å². The van der Waals surface area contributed by atoms with Crippen LogP contribution >= 0.6 is 0 Å². The third-order valence-corrected chi connectivity index (χ3v) is 3.75. The van der Waals surface area contributed by atoms with Gasteiger partial charge in [0.25, 0.3) is 0 Å². The smallest absolute Gasteiger partial charge is 0.149 e. The summed E-state index contributed by atoms with van der Waals surface area (Å²) in [5.41, 5.74) is 0.761. The van der Waals surface area contributed by atoms with Crippen molar-refractivity contribution in [2.45, 2.75) is 18.6 Å². The van der Waals surface area contributed by atoms with Gasteiger partial charge >= 0.3 is 0 Å². The minimum Gasteiger partial charge on any atom is -0.295 e. The Bertz CT molecular complexity index is 529. The lowest BCUT2D eigenvalue weighted by Gasteiger charge is -2.21. The minimum atomic E-state index is -1.22. The van der Waals surface area contributed by atoms with E-state index >= 15 is 0 Å². The molecule has 0 bridgehead atoms. The van der Waals surface area contributed by atoms with E-state index in [0.717, 1.165) is 18.7 Å². The van der Waals surface area contributed by atoms with Gasteiger partial charge in [0, 0.05) is 32.0 Å². The van der Waals surface area contributed by atoms with E-state index in [4.69, 9.17) is 0 Å². The summed E-state index contributed by atoms with van der Waals surface area (Å²) in [6.45, 7) is 2.08. The summed E-state index contributed by atoms with van der Waals surface area (Å²) < 4.78 is 14.9. The molecule has 0 N–H and O–H groups in total. The summed E-state index contributed by atoms with van der Waals surface area (Å²) in [6, 6.07) is 13.8. The molecule has 1 atom stereocenters. The van der Waals surface area contributed by atoms with E-state index in [1.807, 2.05) is 18.2 Å². The highest BCUT2D eigenvalue weighted by Crippen LogP contribution is 2.36. The summed E-state index contributed by atoms with van der Waals surface area (Å²) in [7, 11) is 0. The molecule has 1 fully saturated rings. The van der Waals surface area contributed by atoms with E-state index in [0.29, 0.717) is 13.0 Å². The SMILES string of the molecule is FC1(c2ccncc2)CCN(Cc2ccccc2)C1. The number of nitrogens with zero attached hydrogens (tertiary/aromatic N) is 2. The van der Waals surface area contributed by atoms with Crippen molar-refractivity contribution in [3.05, 3.63) is 66.0 Å². The molecule has 3 heteroatoms. The molecule has 1 aromatic heterocycles. The van der Waals surface area contributed by atoms with Crippen LogP contribution in [-0.4, -0.2) is 23.0 Å². The van der Waals surface area contributed by atoms with E-state index in [1.165, 1.54) is 5.56 Å². The normalized spacial score (nSPS) is 23.6. The van der Waals surface area contributed by atoms with Gasteiger partial charge in [-0.3, -0.25) is 9.88 Å². The summed E-state index contributed by atoms with van der Waals surface area (Å²) >= 11 is 0. The molecule has 0 spiro atoms. The van der Waals surface area contributed by atoms with Crippen molar-refractivity contribution in [1.29, 1.82) is 0 Å². The number of rotatable bonds is 3. The first kappa shape index (κ1) is 12.3. The van der Waals surface area contributed by atoms with E-state index in [1.54, 1.807) is 24.5 Å². The fraction of sp³-hybridized carbons (Fsp3) is 0.312. The van der Waals surface area contributed by atoms with Gasteiger partial charge in [0.05, 0.1) is 0 Å². The molecule has 19 heavy (non-hydrogen) atoms. The van der Waals surface area contributed by atoms with Gasteiger partial charge < -0.3 is 0 Å². The molecule has 1 unspecified atom stereocenters. The first-order valence-electron chi connectivity index (χ1n) is 6.62. The highest BCUT2D eigenvalue weighted by Gasteiger charge is 2.39. The van der Waals surface area contributed by atoms with Gasteiger partial charge in [-0.05, 0) is 29.7 Å². The molecule has 3 rings (SSSR count). The maximum Gasteiger partial charge on any atom is 0.149 e. The lowest BCUT2D eigenvalue weighted by molar-refractivity contribution is 0.164. The van der Waals surface area contributed by atoms with Crippen molar-refractivity contribution >= 4 is 0 Å². The maximum absolute atomic E-state index is 14.9. The first-order chi connectivity index (χ1) is 9.26. The van der Waals surface area contributed by atoms with E-state index in [-0.39, 0.29) is 0 Å². The quantitative estimate of drug-likeness (QED) is 0.838. The second kappa shape index (κ2) is 5.10. The molecule has 2 heterocycles. The minimum absolute atomic E-state index is 0.464. The average molecular weight is 256 g/mol. The van der Waals surface area contributed by atoms with E-state index in [9.17, 15) is 4.39 Å². The Labute approximate surface area is 112 Å². The molecule has 1 aliphatic heterocycles. The predicted molar refractivity (Wildman–Crippen MR) is 73.4 cm³/mol. The van der Waals surface area contributed by atoms with Crippen LogP contribution in [0.3, 0.4) is 0 Å². The number of hydrogen-bond acceptors (Lipinski definition) is 2. The second-order valence-electron chi connectivity index (χ2n) is 5.15. The van der Waals surface area contributed by atoms with Crippen LogP contribution in [0.15, 0.2) is 54.9 Å². The van der Waals surface area contributed by atoms with Gasteiger partial charge in [0.2, 0.25) is 0 Å². The Morgan fingerprint density at radius 3 is 2.58 bits per heavy atom. The number of pyridine rings is 1. The van der Waals surface area contributed by atoms with Crippen LogP contribution < -0.4 is 0 Å². The molecule has 1 aliphatic rings. The molecule has 0 amide bonds. The molecule has 1 aromatic carbocycles. The van der Waals surface area contributed by atoms with Crippen LogP contribution in [0.1, 0.15) is 17.5 Å². The molecule has 98 valence electrons. The van der Waals surface area contributed by atoms with Gasteiger partial charge in [-0.15, -0.1) is 0 Å². The monoisotopic (exact) mass is 256 g/mol. The zero-order chi connectivity index (χ0) is 13.1. The van der Waals surface area contributed by atoms with Crippen molar-refractivity contribution < 1.29 is 4.39 Å². The Morgan fingerprint density at radius 2 is 1.84 bits per heavy atom. The number of hydrogen-bond donors (Lipinski definition) is 0. The fourth-order valence-electron chi connectivity index (χ4n) is 2.71. The summed E-state index contributed by atoms with van der Waals surface area (Å²) in [4.78, 5) is 6.13. The Morgan fingerprint density at radius 1 is 1.11 bits per heavy atom. The summed E-state index contributed by atoms with van der Waals surface area (Å²) in [5.74, 6) is 0. The second-order valence-corrected chi connectivity index (χ2v) is 5.15. The lowest BCUT2D eigenvalue weighted by atomic mass is 9.96. The Balaban J connectivity index is 1.70. The maximum atomic E-state index is 14.9. The van der Waals surface area contributed by atoms with E-state index < -0.39 is 5.67 Å². The van der Waals surface area contributed by atoms with Gasteiger partial charge in [-0.1, -0.05) is 30.3 Å². The van der Waals surface area contributed by atoms with Crippen LogP contribution in [0.5, 0.6) is 0 Å². The highest BCUT2D eigenvalue weighted by molar-refractivity contribution is 5.22. The molecule has 2 nitrogen and oxygen atoms in total. The van der Waals surface area contributed by atoms with Gasteiger partial charge in [0.1, 0.15) is 5.67 Å². The summed E-state index contributed by atoms with van der Waals surface area (Å²) in [5, 5.41) is 0. The van der Waals surface area contributed by atoms with Crippen LogP contribution in [0.25, 0.3) is 0 Å². The number of alkyl halides is 1. The highest BCUT2D eigenvalue weighted by atomic mass is 19.1. The largest absolute Gasteiger partial charge is 0.295 e. The van der Waals surface area contributed by atoms with Crippen LogP contribution in [0, 0.1) is 0 Å². The number of benzene rings is 1. The lowest BCUT2D eigenvalue weighted by Crippen LogP contribution is -2.26. The van der Waals surface area contributed by atoms with Crippen LogP contribution in [0.4, 0.5) is 4.39 Å². The zero-order valence-electron chi connectivity index (χ0n) is 10.8. The number of aromatic nitrogens is 1. The van der Waals surface area contributed by atoms with Crippen LogP contribution in [-0.2, 0) is 12.2 Å². The average Bonchev–Trinajstić information content (AvgIpc) is 2.84. The molecular weight excluding hydrogens is 239 g/mol. The predicted octanol–water partition coefficient (Wildman–Crippen LogP) is 3.15. The van der Waals surface area contributed by atoms with Gasteiger partial charge in [-0.25, -0.2) is 4.39 Å². The zero-order valence-corrected chi connectivity index (χ0v) is 10.8. The van der Waals surface area contributed by atoms with Crippen molar-refractivity contribution in [3.8, 4) is 0 Å². The number of likely N-dealkylation sites (tertiary alicyclic amines) is 1. The van der Waals surface area contributed by atoms with Gasteiger partial charge in [-0.2, -0.15) is 0 Å². The van der Waals surface area contributed by atoms with Crippen molar-refractivity contribution in [2.75, 3.05) is 13.1 Å². The molecule has 0 radical (unpaired) electrons. The standard InChI is InChI=1S/C16H17FN2/c17-16(15-6-9-18-10-7-15)8-11-19(13-16)12-14-4-2-1-3-5-14/h1-7,9-10H,8,11-13H2. The molecule has 2 aromatic rings. The van der Waals surface area contributed by atoms with Crippen LogP contribution in [0.2, 0.25) is 0 Å². The third-order valence-electron chi connectivity index (χ3n) is 3.75. The first-order valence-corrected chi connectivity index (χ1v) is 6.62. The van der Waals surface area contributed by atoms with Crippen molar-refractivity contribution in [2.24, 2.45) is 0 Å². The summed E-state index contributed by atoms with van der Waals surface area (Å²) in [6.07, 6.45) is 3.89. The molecule has 0 saturated carbocycles. The van der Waals surface area contributed by atoms with Crippen molar-refractivity contribution in [1.82, 2.24) is 9.88 Å². The Hall–Kier alpha value is -1.74. The van der Waals surface area contributed by atoms with Crippen molar-refractivity contribution in [3.63, 3.8) is 0 Å². The molecular formula is C16H17FN2. The van der Waals surface area contributed by atoms with E-state index in [2.05, 4.69) is 22.0 Å². The molecule has 0 aliphatic carbocycles. The molecule has 1 saturated heterocycles.